The highest BCUT2D eigenvalue weighted by Gasteiger charge is 2.39. The summed E-state index contributed by atoms with van der Waals surface area (Å²) in [5, 5.41) is 9.61. The zero-order chi connectivity index (χ0) is 15.1. The van der Waals surface area contributed by atoms with E-state index in [2.05, 4.69) is 6.07 Å². The minimum absolute atomic E-state index is 0.00750. The van der Waals surface area contributed by atoms with Crippen LogP contribution in [0.4, 0.5) is 0 Å². The molecule has 2 heterocycles. The van der Waals surface area contributed by atoms with Gasteiger partial charge in [0.1, 0.15) is 22.2 Å². The van der Waals surface area contributed by atoms with Crippen LogP contribution >= 0.6 is 0 Å². The maximum Gasteiger partial charge on any atom is 0.150 e. The smallest absolute Gasteiger partial charge is 0.150 e. The molecule has 0 aliphatic carbocycles. The lowest BCUT2D eigenvalue weighted by Gasteiger charge is -2.32. The van der Waals surface area contributed by atoms with Crippen molar-refractivity contribution in [3.05, 3.63) is 29.3 Å². The van der Waals surface area contributed by atoms with E-state index in [9.17, 15) is 13.7 Å². The molecule has 1 saturated heterocycles. The second-order valence-electron chi connectivity index (χ2n) is 5.94. The van der Waals surface area contributed by atoms with Gasteiger partial charge < -0.3 is 10.5 Å². The van der Waals surface area contributed by atoms with Gasteiger partial charge in [0.15, 0.2) is 0 Å². The summed E-state index contributed by atoms with van der Waals surface area (Å²) in [6.45, 7) is 0.477. The minimum Gasteiger partial charge on any atom is -0.492 e. The van der Waals surface area contributed by atoms with Gasteiger partial charge in [0.25, 0.3) is 0 Å². The fourth-order valence-electron chi connectivity index (χ4n) is 3.04. The molecular weight excluding hydrogens is 288 g/mol. The molecule has 1 aromatic carbocycles. The minimum atomic E-state index is -3.00. The standard InChI is InChI=1S/C15H18N2O3S/c16-10-15(3-5-21(18,19)6-4-15)12-2-1-11-7-13(17)9-20-14(11)8-12/h1-2,8,13H,3-7,9,17H2/t13-/m1/s1. The maximum atomic E-state index is 11.6. The molecule has 0 unspecified atom stereocenters. The molecule has 112 valence electrons. The van der Waals surface area contributed by atoms with Crippen molar-refractivity contribution in [2.75, 3.05) is 18.1 Å². The normalized spacial score (nSPS) is 26.2. The highest BCUT2D eigenvalue weighted by molar-refractivity contribution is 7.91. The Labute approximate surface area is 124 Å². The first-order chi connectivity index (χ1) is 9.94. The largest absolute Gasteiger partial charge is 0.492 e. The Bertz CT molecular complexity index is 692. The molecule has 6 heteroatoms. The molecule has 1 aromatic rings. The van der Waals surface area contributed by atoms with Crippen molar-refractivity contribution < 1.29 is 13.2 Å². The summed E-state index contributed by atoms with van der Waals surface area (Å²) >= 11 is 0. The monoisotopic (exact) mass is 306 g/mol. The van der Waals surface area contributed by atoms with Crippen molar-refractivity contribution in [1.82, 2.24) is 0 Å². The molecule has 2 aliphatic heterocycles. The predicted molar refractivity (Wildman–Crippen MR) is 78.8 cm³/mol. The summed E-state index contributed by atoms with van der Waals surface area (Å²) < 4.78 is 28.9. The number of nitriles is 1. The summed E-state index contributed by atoms with van der Waals surface area (Å²) in [7, 11) is -3.00. The lowest BCUT2D eigenvalue weighted by Crippen LogP contribution is -2.37. The SMILES string of the molecule is N#CC1(c2ccc3c(c2)OC[C@H](N)C3)CCS(=O)(=O)CC1. The average molecular weight is 306 g/mol. The van der Waals surface area contributed by atoms with Crippen LogP contribution in [0.15, 0.2) is 18.2 Å². The van der Waals surface area contributed by atoms with E-state index < -0.39 is 15.3 Å². The quantitative estimate of drug-likeness (QED) is 0.832. The Morgan fingerprint density at radius 1 is 1.33 bits per heavy atom. The number of hydrogen-bond donors (Lipinski definition) is 1. The Kier molecular flexibility index (Phi) is 3.42. The van der Waals surface area contributed by atoms with Gasteiger partial charge in [-0.05, 0) is 36.5 Å². The van der Waals surface area contributed by atoms with Gasteiger partial charge in [0, 0.05) is 6.04 Å². The highest BCUT2D eigenvalue weighted by atomic mass is 32.2. The van der Waals surface area contributed by atoms with Gasteiger partial charge in [-0.2, -0.15) is 5.26 Å². The number of sulfone groups is 1. The molecule has 2 aliphatic rings. The van der Waals surface area contributed by atoms with E-state index in [1.54, 1.807) is 0 Å². The third kappa shape index (κ3) is 2.63. The molecular formula is C15H18N2O3S. The highest BCUT2D eigenvalue weighted by Crippen LogP contribution is 2.38. The van der Waals surface area contributed by atoms with Crippen LogP contribution in [0.2, 0.25) is 0 Å². The van der Waals surface area contributed by atoms with Crippen LogP contribution in [-0.4, -0.2) is 32.6 Å². The number of fused-ring (bicyclic) bond motifs is 1. The summed E-state index contributed by atoms with van der Waals surface area (Å²) in [4.78, 5) is 0. The van der Waals surface area contributed by atoms with Crippen molar-refractivity contribution in [2.24, 2.45) is 5.73 Å². The second-order valence-corrected chi connectivity index (χ2v) is 8.25. The van der Waals surface area contributed by atoms with Gasteiger partial charge in [-0.25, -0.2) is 8.42 Å². The number of hydrogen-bond acceptors (Lipinski definition) is 5. The number of ether oxygens (including phenoxy) is 1. The third-order valence-corrected chi connectivity index (χ3v) is 6.10. The summed E-state index contributed by atoms with van der Waals surface area (Å²) in [6, 6.07) is 8.11. The number of benzene rings is 1. The van der Waals surface area contributed by atoms with Crippen molar-refractivity contribution in [3.63, 3.8) is 0 Å². The molecule has 0 radical (unpaired) electrons. The van der Waals surface area contributed by atoms with Gasteiger partial charge in [0.2, 0.25) is 0 Å². The first-order valence-electron chi connectivity index (χ1n) is 7.08. The number of nitrogens with two attached hydrogens (primary N) is 1. The molecule has 3 rings (SSSR count). The van der Waals surface area contributed by atoms with E-state index in [1.165, 1.54) is 0 Å². The molecule has 0 saturated carbocycles. The van der Waals surface area contributed by atoms with E-state index >= 15 is 0 Å². The predicted octanol–water partition coefficient (Wildman–Crippen LogP) is 0.919. The average Bonchev–Trinajstić information content (AvgIpc) is 2.47. The van der Waals surface area contributed by atoms with Crippen molar-refractivity contribution in [3.8, 4) is 11.8 Å². The van der Waals surface area contributed by atoms with Crippen molar-refractivity contribution >= 4 is 9.84 Å². The summed E-state index contributed by atoms with van der Waals surface area (Å²) in [5.74, 6) is 0.921. The second kappa shape index (κ2) is 5.00. The molecule has 1 atom stereocenters. The number of nitrogens with zero attached hydrogens (tertiary/aromatic N) is 1. The van der Waals surface area contributed by atoms with Gasteiger partial charge in [-0.3, -0.25) is 0 Å². The van der Waals surface area contributed by atoms with Gasteiger partial charge in [-0.1, -0.05) is 12.1 Å². The van der Waals surface area contributed by atoms with Crippen LogP contribution < -0.4 is 10.5 Å². The lowest BCUT2D eigenvalue weighted by molar-refractivity contribution is 0.262. The first kappa shape index (κ1) is 14.4. The fraction of sp³-hybridized carbons (Fsp3) is 0.533. The topological polar surface area (TPSA) is 93.2 Å². The van der Waals surface area contributed by atoms with Crippen LogP contribution in [0, 0.1) is 11.3 Å². The third-order valence-electron chi connectivity index (χ3n) is 4.45. The van der Waals surface area contributed by atoms with Gasteiger partial charge in [-0.15, -0.1) is 0 Å². The fourth-order valence-corrected chi connectivity index (χ4v) is 4.57. The van der Waals surface area contributed by atoms with Crippen LogP contribution in [0.25, 0.3) is 0 Å². The molecule has 1 fully saturated rings. The van der Waals surface area contributed by atoms with Crippen LogP contribution in [-0.2, 0) is 21.7 Å². The van der Waals surface area contributed by atoms with E-state index in [0.29, 0.717) is 19.4 Å². The molecule has 0 aromatic heterocycles. The van der Waals surface area contributed by atoms with Gasteiger partial charge in [0.05, 0.1) is 23.0 Å². The molecule has 21 heavy (non-hydrogen) atoms. The van der Waals surface area contributed by atoms with E-state index in [4.69, 9.17) is 10.5 Å². The zero-order valence-corrected chi connectivity index (χ0v) is 12.5. The first-order valence-corrected chi connectivity index (χ1v) is 8.90. The summed E-state index contributed by atoms with van der Waals surface area (Å²) in [5.41, 5.74) is 7.06. The van der Waals surface area contributed by atoms with Crippen LogP contribution in [0.1, 0.15) is 24.0 Å². The van der Waals surface area contributed by atoms with Crippen molar-refractivity contribution in [1.29, 1.82) is 5.26 Å². The van der Waals surface area contributed by atoms with Gasteiger partial charge >= 0.3 is 0 Å². The maximum absolute atomic E-state index is 11.6. The Hall–Kier alpha value is -1.58. The summed E-state index contributed by atoms with van der Waals surface area (Å²) in [6.07, 6.45) is 1.47. The van der Waals surface area contributed by atoms with E-state index in [1.807, 2.05) is 18.2 Å². The molecule has 0 spiro atoms. The van der Waals surface area contributed by atoms with Crippen molar-refractivity contribution in [2.45, 2.75) is 30.7 Å². The van der Waals surface area contributed by atoms with Crippen LogP contribution in [0.5, 0.6) is 5.75 Å². The molecule has 0 bridgehead atoms. The Morgan fingerprint density at radius 3 is 2.71 bits per heavy atom. The van der Waals surface area contributed by atoms with E-state index in [-0.39, 0.29) is 17.5 Å². The Morgan fingerprint density at radius 2 is 2.05 bits per heavy atom. The molecule has 2 N–H and O–H groups in total. The molecule has 5 nitrogen and oxygen atoms in total. The Balaban J connectivity index is 1.94. The molecule has 0 amide bonds. The van der Waals surface area contributed by atoms with E-state index in [0.717, 1.165) is 23.3 Å². The zero-order valence-electron chi connectivity index (χ0n) is 11.7. The lowest BCUT2D eigenvalue weighted by atomic mass is 9.76. The van der Waals surface area contributed by atoms with Crippen LogP contribution in [0.3, 0.4) is 0 Å². The number of rotatable bonds is 1.